The van der Waals surface area contributed by atoms with Gasteiger partial charge in [-0.1, -0.05) is 18.2 Å². The molecule has 3 heterocycles. The molecule has 0 saturated heterocycles. The number of nitrogens with one attached hydrogen (secondary N) is 1. The summed E-state index contributed by atoms with van der Waals surface area (Å²) in [5, 5.41) is 7.48. The zero-order valence-corrected chi connectivity index (χ0v) is 13.8. The Kier molecular flexibility index (Phi) is 3.81. The number of pyridine rings is 1. The summed E-state index contributed by atoms with van der Waals surface area (Å²) >= 11 is 0. The Hall–Kier alpha value is -3.74. The molecular weight excluding hydrogens is 332 g/mol. The predicted octanol–water partition coefficient (Wildman–Crippen LogP) is 2.84. The summed E-state index contributed by atoms with van der Waals surface area (Å²) in [6.07, 6.45) is 1.67. The van der Waals surface area contributed by atoms with Crippen LogP contribution in [0.3, 0.4) is 0 Å². The van der Waals surface area contributed by atoms with Crippen LogP contribution < -0.4 is 10.7 Å². The molecule has 0 atom stereocenters. The van der Waals surface area contributed by atoms with Gasteiger partial charge in [0.05, 0.1) is 11.1 Å². The van der Waals surface area contributed by atoms with Crippen molar-refractivity contribution in [1.82, 2.24) is 14.8 Å². The van der Waals surface area contributed by atoms with Crippen molar-refractivity contribution in [2.75, 3.05) is 5.32 Å². The standard InChI is InChI=1S/C19H14N4O3/c1-23-18(10-14(22-23)13-7-4-5-9-20-13)21-19(25)17-11-15(24)12-6-2-3-8-16(12)26-17/h2-11H,1H3,(H,21,25). The minimum atomic E-state index is -0.525. The van der Waals surface area contributed by atoms with Crippen LogP contribution in [-0.2, 0) is 7.05 Å². The first kappa shape index (κ1) is 15.8. The lowest BCUT2D eigenvalue weighted by molar-refractivity contribution is 0.0996. The number of hydrogen-bond acceptors (Lipinski definition) is 5. The summed E-state index contributed by atoms with van der Waals surface area (Å²) in [5.41, 5.74) is 1.42. The molecule has 0 unspecified atom stereocenters. The fourth-order valence-corrected chi connectivity index (χ4v) is 2.62. The first-order valence-electron chi connectivity index (χ1n) is 7.91. The van der Waals surface area contributed by atoms with Gasteiger partial charge in [-0.05, 0) is 24.3 Å². The maximum atomic E-state index is 12.5. The smallest absolute Gasteiger partial charge is 0.292 e. The normalized spacial score (nSPS) is 10.8. The monoisotopic (exact) mass is 346 g/mol. The van der Waals surface area contributed by atoms with Gasteiger partial charge in [-0.25, -0.2) is 0 Å². The van der Waals surface area contributed by atoms with E-state index in [1.807, 2.05) is 18.2 Å². The van der Waals surface area contributed by atoms with Crippen molar-refractivity contribution in [2.24, 2.45) is 7.05 Å². The summed E-state index contributed by atoms with van der Waals surface area (Å²) in [5.74, 6) is -0.121. The van der Waals surface area contributed by atoms with E-state index in [0.29, 0.717) is 28.2 Å². The van der Waals surface area contributed by atoms with E-state index in [4.69, 9.17) is 4.42 Å². The molecule has 0 fully saturated rings. The number of carbonyl (C=O) groups is 1. The Morgan fingerprint density at radius 1 is 1.08 bits per heavy atom. The molecule has 4 rings (SSSR count). The minimum absolute atomic E-state index is 0.0608. The molecular formula is C19H14N4O3. The van der Waals surface area contributed by atoms with E-state index in [0.717, 1.165) is 0 Å². The van der Waals surface area contributed by atoms with Gasteiger partial charge in [-0.15, -0.1) is 0 Å². The Labute approximate surface area is 147 Å². The predicted molar refractivity (Wildman–Crippen MR) is 96.9 cm³/mol. The minimum Gasteiger partial charge on any atom is -0.451 e. The third kappa shape index (κ3) is 2.86. The Bertz CT molecular complexity index is 1160. The number of hydrogen-bond donors (Lipinski definition) is 1. The third-order valence-electron chi connectivity index (χ3n) is 3.91. The van der Waals surface area contributed by atoms with Crippen molar-refractivity contribution < 1.29 is 9.21 Å². The summed E-state index contributed by atoms with van der Waals surface area (Å²) in [7, 11) is 1.71. The second kappa shape index (κ2) is 6.29. The average Bonchev–Trinajstić information content (AvgIpc) is 3.03. The van der Waals surface area contributed by atoms with Gasteiger partial charge in [-0.3, -0.25) is 19.3 Å². The highest BCUT2D eigenvalue weighted by Crippen LogP contribution is 2.20. The van der Waals surface area contributed by atoms with Crippen molar-refractivity contribution in [1.29, 1.82) is 0 Å². The lowest BCUT2D eigenvalue weighted by Crippen LogP contribution is -2.16. The van der Waals surface area contributed by atoms with E-state index >= 15 is 0 Å². The van der Waals surface area contributed by atoms with Crippen molar-refractivity contribution >= 4 is 22.7 Å². The second-order valence-corrected chi connectivity index (χ2v) is 5.68. The number of rotatable bonds is 3. The molecule has 1 N–H and O–H groups in total. The molecule has 0 aliphatic heterocycles. The van der Waals surface area contributed by atoms with Crippen LogP contribution in [-0.4, -0.2) is 20.7 Å². The highest BCUT2D eigenvalue weighted by molar-refractivity contribution is 6.02. The fourth-order valence-electron chi connectivity index (χ4n) is 2.62. The zero-order valence-electron chi connectivity index (χ0n) is 13.8. The van der Waals surface area contributed by atoms with E-state index in [2.05, 4.69) is 15.4 Å². The molecule has 128 valence electrons. The number of nitrogens with zero attached hydrogens (tertiary/aromatic N) is 3. The van der Waals surface area contributed by atoms with Gasteiger partial charge in [-0.2, -0.15) is 5.10 Å². The molecule has 0 aliphatic rings. The van der Waals surface area contributed by atoms with Crippen LogP contribution in [0.15, 0.2) is 70.0 Å². The third-order valence-corrected chi connectivity index (χ3v) is 3.91. The quantitative estimate of drug-likeness (QED) is 0.616. The molecule has 4 aromatic rings. The topological polar surface area (TPSA) is 90.0 Å². The number of benzene rings is 1. The zero-order chi connectivity index (χ0) is 18.1. The highest BCUT2D eigenvalue weighted by Gasteiger charge is 2.15. The van der Waals surface area contributed by atoms with Crippen LogP contribution in [0.4, 0.5) is 5.82 Å². The summed E-state index contributed by atoms with van der Waals surface area (Å²) in [6, 6.07) is 15.2. The van der Waals surface area contributed by atoms with E-state index in [1.54, 1.807) is 43.6 Å². The van der Waals surface area contributed by atoms with E-state index in [1.165, 1.54) is 10.7 Å². The molecule has 7 nitrogen and oxygen atoms in total. The number of carbonyl (C=O) groups excluding carboxylic acids is 1. The summed E-state index contributed by atoms with van der Waals surface area (Å²) < 4.78 is 7.08. The molecule has 0 radical (unpaired) electrons. The van der Waals surface area contributed by atoms with Crippen molar-refractivity contribution in [2.45, 2.75) is 0 Å². The number of aryl methyl sites for hydroxylation is 1. The van der Waals surface area contributed by atoms with Crippen molar-refractivity contribution in [3.8, 4) is 11.4 Å². The lowest BCUT2D eigenvalue weighted by atomic mass is 10.2. The first-order chi connectivity index (χ1) is 12.6. The van der Waals surface area contributed by atoms with Crippen molar-refractivity contribution in [3.05, 3.63) is 76.8 Å². The molecule has 7 heteroatoms. The molecule has 3 aromatic heterocycles. The average molecular weight is 346 g/mol. The van der Waals surface area contributed by atoms with Crippen LogP contribution in [0.2, 0.25) is 0 Å². The molecule has 0 bridgehead atoms. The van der Waals surface area contributed by atoms with E-state index in [9.17, 15) is 9.59 Å². The van der Waals surface area contributed by atoms with Gasteiger partial charge in [0.25, 0.3) is 5.91 Å². The first-order valence-corrected chi connectivity index (χ1v) is 7.91. The van der Waals surface area contributed by atoms with Crippen LogP contribution in [0, 0.1) is 0 Å². The Balaban J connectivity index is 1.65. The number of para-hydroxylation sites is 1. The number of aromatic nitrogens is 3. The fraction of sp³-hybridized carbons (Fsp3) is 0.0526. The second-order valence-electron chi connectivity index (χ2n) is 5.68. The van der Waals surface area contributed by atoms with Crippen LogP contribution >= 0.6 is 0 Å². The van der Waals surface area contributed by atoms with Gasteiger partial charge in [0.2, 0.25) is 0 Å². The van der Waals surface area contributed by atoms with Crippen LogP contribution in [0.5, 0.6) is 0 Å². The molecule has 0 saturated carbocycles. The van der Waals surface area contributed by atoms with Gasteiger partial charge < -0.3 is 9.73 Å². The Morgan fingerprint density at radius 2 is 1.88 bits per heavy atom. The van der Waals surface area contributed by atoms with Crippen molar-refractivity contribution in [3.63, 3.8) is 0 Å². The van der Waals surface area contributed by atoms with Gasteiger partial charge >= 0.3 is 0 Å². The molecule has 0 spiro atoms. The summed E-state index contributed by atoms with van der Waals surface area (Å²) in [6.45, 7) is 0. The van der Waals surface area contributed by atoms with Gasteiger partial charge in [0.1, 0.15) is 17.1 Å². The SMILES string of the molecule is Cn1nc(-c2ccccn2)cc1NC(=O)c1cc(=O)c2ccccc2o1. The maximum absolute atomic E-state index is 12.5. The summed E-state index contributed by atoms with van der Waals surface area (Å²) in [4.78, 5) is 28.9. The number of amides is 1. The molecule has 1 amide bonds. The van der Waals surface area contributed by atoms with Crippen LogP contribution in [0.25, 0.3) is 22.4 Å². The molecule has 0 aliphatic carbocycles. The molecule has 1 aromatic carbocycles. The van der Waals surface area contributed by atoms with Crippen LogP contribution in [0.1, 0.15) is 10.6 Å². The lowest BCUT2D eigenvalue weighted by Gasteiger charge is -2.05. The maximum Gasteiger partial charge on any atom is 0.292 e. The molecule has 26 heavy (non-hydrogen) atoms. The number of anilines is 1. The largest absolute Gasteiger partial charge is 0.451 e. The van der Waals surface area contributed by atoms with E-state index in [-0.39, 0.29) is 11.2 Å². The number of fused-ring (bicyclic) bond motifs is 1. The Morgan fingerprint density at radius 3 is 2.69 bits per heavy atom. The highest BCUT2D eigenvalue weighted by atomic mass is 16.3. The van der Waals surface area contributed by atoms with Gasteiger partial charge in [0.15, 0.2) is 11.2 Å². The van der Waals surface area contributed by atoms with E-state index < -0.39 is 5.91 Å². The van der Waals surface area contributed by atoms with Gasteiger partial charge in [0, 0.05) is 25.4 Å².